The summed E-state index contributed by atoms with van der Waals surface area (Å²) in [7, 11) is -3.49. The van der Waals surface area contributed by atoms with E-state index >= 15 is 0 Å². The summed E-state index contributed by atoms with van der Waals surface area (Å²) in [6.07, 6.45) is 5.20. The van der Waals surface area contributed by atoms with Gasteiger partial charge in [0.25, 0.3) is 0 Å². The average molecular weight is 292 g/mol. The van der Waals surface area contributed by atoms with E-state index < -0.39 is 10.0 Å². The highest BCUT2D eigenvalue weighted by Crippen LogP contribution is 2.24. The number of benzene rings is 1. The molecule has 1 aliphatic rings. The van der Waals surface area contributed by atoms with E-state index in [9.17, 15) is 8.42 Å². The summed E-state index contributed by atoms with van der Waals surface area (Å²) in [5.74, 6) is 0. The maximum atomic E-state index is 12.3. The van der Waals surface area contributed by atoms with Crippen LogP contribution in [0.2, 0.25) is 0 Å². The van der Waals surface area contributed by atoms with Crippen molar-refractivity contribution >= 4 is 15.7 Å². The van der Waals surface area contributed by atoms with Gasteiger partial charge in [-0.15, -0.1) is 0 Å². The van der Waals surface area contributed by atoms with Crippen LogP contribution in [0.4, 0.5) is 5.69 Å². The highest BCUT2D eigenvalue weighted by molar-refractivity contribution is 7.89. The molecule has 0 amide bonds. The van der Waals surface area contributed by atoms with E-state index in [1.807, 2.05) is 6.07 Å². The highest BCUT2D eigenvalue weighted by Gasteiger charge is 2.17. The molecule has 0 aliphatic carbocycles. The number of rotatable bonds is 4. The maximum Gasteiger partial charge on any atom is 0.240 e. The van der Waals surface area contributed by atoms with Crippen LogP contribution >= 0.6 is 0 Å². The van der Waals surface area contributed by atoms with E-state index in [1.54, 1.807) is 24.5 Å². The smallest absolute Gasteiger partial charge is 0.240 e. The van der Waals surface area contributed by atoms with Gasteiger partial charge in [0.05, 0.1) is 11.1 Å². The molecule has 0 spiro atoms. The van der Waals surface area contributed by atoms with Crippen LogP contribution in [0, 0.1) is 0 Å². The minimum Gasteiger partial charge on any atom is -0.385 e. The molecule has 0 atom stereocenters. The molecule has 20 heavy (non-hydrogen) atoms. The van der Waals surface area contributed by atoms with Crippen LogP contribution in [0.3, 0.4) is 0 Å². The molecule has 6 nitrogen and oxygen atoms in total. The Kier molecular flexibility index (Phi) is 3.45. The topological polar surface area (TPSA) is 86.9 Å². The number of aryl methyl sites for hydroxylation is 1. The normalized spacial score (nSPS) is 14.6. The Morgan fingerprint density at radius 3 is 3.05 bits per heavy atom. The van der Waals surface area contributed by atoms with E-state index in [1.165, 1.54) is 0 Å². The lowest BCUT2D eigenvalue weighted by molar-refractivity contribution is 0.581. The van der Waals surface area contributed by atoms with Gasteiger partial charge in [0, 0.05) is 30.5 Å². The second-order valence-electron chi connectivity index (χ2n) is 4.78. The van der Waals surface area contributed by atoms with Crippen LogP contribution in [-0.2, 0) is 23.0 Å². The number of anilines is 1. The molecule has 1 aliphatic heterocycles. The fraction of sp³-hybridized carbons (Fsp3) is 0.308. The first-order valence-electron chi connectivity index (χ1n) is 6.49. The molecule has 0 radical (unpaired) electrons. The molecule has 7 heteroatoms. The molecule has 3 rings (SSSR count). The second kappa shape index (κ2) is 5.26. The molecule has 1 aromatic heterocycles. The van der Waals surface area contributed by atoms with Gasteiger partial charge in [0.15, 0.2) is 0 Å². The van der Waals surface area contributed by atoms with Gasteiger partial charge in [-0.1, -0.05) is 0 Å². The van der Waals surface area contributed by atoms with Crippen molar-refractivity contribution in [2.45, 2.75) is 24.3 Å². The van der Waals surface area contributed by atoms with Crippen molar-refractivity contribution < 1.29 is 8.42 Å². The Morgan fingerprint density at radius 1 is 1.35 bits per heavy atom. The number of aromatic amines is 1. The minimum absolute atomic E-state index is 0.230. The van der Waals surface area contributed by atoms with Crippen LogP contribution in [-0.4, -0.2) is 25.2 Å². The standard InChI is InChI=1S/C13H16N4O2S/c18-20(19,17-9-10-7-15-16-8-10)12-3-4-13-11(6-12)2-1-5-14-13/h3-4,6-8,14,17H,1-2,5,9H2,(H,15,16). The van der Waals surface area contributed by atoms with Gasteiger partial charge in [-0.3, -0.25) is 5.10 Å². The van der Waals surface area contributed by atoms with Crippen molar-refractivity contribution in [3.05, 3.63) is 41.7 Å². The minimum atomic E-state index is -3.49. The average Bonchev–Trinajstić information content (AvgIpc) is 2.98. The van der Waals surface area contributed by atoms with Crippen molar-refractivity contribution in [3.63, 3.8) is 0 Å². The molecular weight excluding hydrogens is 276 g/mol. The molecule has 106 valence electrons. The molecule has 1 aromatic carbocycles. The Morgan fingerprint density at radius 2 is 2.25 bits per heavy atom. The van der Waals surface area contributed by atoms with Crippen molar-refractivity contribution in [1.82, 2.24) is 14.9 Å². The van der Waals surface area contributed by atoms with Crippen LogP contribution < -0.4 is 10.0 Å². The number of H-pyrrole nitrogens is 1. The van der Waals surface area contributed by atoms with Gasteiger partial charge >= 0.3 is 0 Å². The van der Waals surface area contributed by atoms with Crippen LogP contribution in [0.1, 0.15) is 17.5 Å². The number of aromatic nitrogens is 2. The lowest BCUT2D eigenvalue weighted by Crippen LogP contribution is -2.23. The molecule has 0 fully saturated rings. The van der Waals surface area contributed by atoms with Gasteiger partial charge in [-0.05, 0) is 36.6 Å². The number of nitrogens with zero attached hydrogens (tertiary/aromatic N) is 1. The Balaban J connectivity index is 1.80. The zero-order valence-electron chi connectivity index (χ0n) is 10.9. The largest absolute Gasteiger partial charge is 0.385 e. The van der Waals surface area contributed by atoms with Crippen molar-refractivity contribution in [2.75, 3.05) is 11.9 Å². The summed E-state index contributed by atoms with van der Waals surface area (Å²) in [5.41, 5.74) is 2.89. The molecule has 2 heterocycles. The third kappa shape index (κ3) is 2.68. The number of nitrogens with one attached hydrogen (secondary N) is 3. The first-order chi connectivity index (χ1) is 9.65. The first-order valence-corrected chi connectivity index (χ1v) is 7.97. The third-order valence-corrected chi connectivity index (χ3v) is 4.75. The molecular formula is C13H16N4O2S. The molecule has 2 aromatic rings. The molecule has 3 N–H and O–H groups in total. The molecule has 0 unspecified atom stereocenters. The fourth-order valence-electron chi connectivity index (χ4n) is 2.25. The lowest BCUT2D eigenvalue weighted by atomic mass is 10.0. The highest BCUT2D eigenvalue weighted by atomic mass is 32.2. The Hall–Kier alpha value is -1.86. The fourth-order valence-corrected chi connectivity index (χ4v) is 3.32. The maximum absolute atomic E-state index is 12.3. The number of hydrogen-bond donors (Lipinski definition) is 3. The third-order valence-electron chi connectivity index (χ3n) is 3.35. The van der Waals surface area contributed by atoms with Crippen molar-refractivity contribution in [1.29, 1.82) is 0 Å². The van der Waals surface area contributed by atoms with Gasteiger partial charge in [0.1, 0.15) is 0 Å². The number of hydrogen-bond acceptors (Lipinski definition) is 4. The van der Waals surface area contributed by atoms with Gasteiger partial charge in [0.2, 0.25) is 10.0 Å². The quantitative estimate of drug-likeness (QED) is 0.791. The summed E-state index contributed by atoms with van der Waals surface area (Å²) in [6.45, 7) is 1.17. The molecule has 0 bridgehead atoms. The van der Waals surface area contributed by atoms with Gasteiger partial charge < -0.3 is 5.32 Å². The predicted octanol–water partition coefficient (Wildman–Crippen LogP) is 1.25. The van der Waals surface area contributed by atoms with Crippen LogP contribution in [0.5, 0.6) is 0 Å². The summed E-state index contributed by atoms with van der Waals surface area (Å²) < 4.78 is 27.1. The van der Waals surface area contributed by atoms with E-state index in [0.717, 1.165) is 36.2 Å². The SMILES string of the molecule is O=S(=O)(NCc1cn[nH]c1)c1ccc2c(c1)CCCN2. The summed E-state index contributed by atoms with van der Waals surface area (Å²) in [6, 6.07) is 5.22. The van der Waals surface area contributed by atoms with E-state index in [0.29, 0.717) is 4.90 Å². The Labute approximate surface area is 117 Å². The molecule has 0 saturated carbocycles. The zero-order chi connectivity index (χ0) is 14.0. The number of sulfonamides is 1. The molecule has 0 saturated heterocycles. The lowest BCUT2D eigenvalue weighted by Gasteiger charge is -2.18. The van der Waals surface area contributed by atoms with Gasteiger partial charge in [-0.25, -0.2) is 13.1 Å². The van der Waals surface area contributed by atoms with Gasteiger partial charge in [-0.2, -0.15) is 5.10 Å². The van der Waals surface area contributed by atoms with Crippen molar-refractivity contribution in [2.24, 2.45) is 0 Å². The van der Waals surface area contributed by atoms with E-state index in [-0.39, 0.29) is 6.54 Å². The van der Waals surface area contributed by atoms with Crippen LogP contribution in [0.25, 0.3) is 0 Å². The zero-order valence-corrected chi connectivity index (χ0v) is 11.7. The summed E-state index contributed by atoms with van der Waals surface area (Å²) >= 11 is 0. The number of fused-ring (bicyclic) bond motifs is 1. The predicted molar refractivity (Wildman–Crippen MR) is 75.9 cm³/mol. The summed E-state index contributed by atoms with van der Waals surface area (Å²) in [5, 5.41) is 9.71. The monoisotopic (exact) mass is 292 g/mol. The summed E-state index contributed by atoms with van der Waals surface area (Å²) in [4.78, 5) is 0.309. The Bertz CT molecular complexity index is 695. The first kappa shape index (κ1) is 13.1. The van der Waals surface area contributed by atoms with Crippen molar-refractivity contribution in [3.8, 4) is 0 Å². The van der Waals surface area contributed by atoms with E-state index in [2.05, 4.69) is 20.2 Å². The van der Waals surface area contributed by atoms with E-state index in [4.69, 9.17) is 0 Å². The van der Waals surface area contributed by atoms with Crippen LogP contribution in [0.15, 0.2) is 35.5 Å². The second-order valence-corrected chi connectivity index (χ2v) is 6.55.